The van der Waals surface area contributed by atoms with E-state index in [1.807, 2.05) is 23.8 Å². The van der Waals surface area contributed by atoms with E-state index in [1.165, 1.54) is 0 Å². The lowest BCUT2D eigenvalue weighted by Crippen LogP contribution is -2.42. The van der Waals surface area contributed by atoms with Crippen molar-refractivity contribution in [3.05, 3.63) is 22.4 Å². The van der Waals surface area contributed by atoms with E-state index in [9.17, 15) is 9.59 Å². The van der Waals surface area contributed by atoms with Crippen LogP contribution in [0.3, 0.4) is 0 Å². The zero-order valence-electron chi connectivity index (χ0n) is 10.8. The minimum atomic E-state index is -0.767. The van der Waals surface area contributed by atoms with Crippen LogP contribution in [0.25, 0.3) is 0 Å². The van der Waals surface area contributed by atoms with Crippen molar-refractivity contribution in [3.63, 3.8) is 0 Å². The maximum Gasteiger partial charge on any atom is 0.315 e. The van der Waals surface area contributed by atoms with Crippen molar-refractivity contribution in [1.29, 1.82) is 0 Å². The van der Waals surface area contributed by atoms with Crippen LogP contribution >= 0.6 is 11.3 Å². The highest BCUT2D eigenvalue weighted by molar-refractivity contribution is 7.07. The van der Waals surface area contributed by atoms with Gasteiger partial charge in [0.15, 0.2) is 0 Å². The van der Waals surface area contributed by atoms with Crippen molar-refractivity contribution in [2.45, 2.75) is 38.3 Å². The molecule has 1 aromatic rings. The van der Waals surface area contributed by atoms with E-state index in [2.05, 4.69) is 10.6 Å². The molecule has 1 saturated carbocycles. The van der Waals surface area contributed by atoms with E-state index in [0.717, 1.165) is 12.0 Å². The largest absolute Gasteiger partial charge is 0.481 e. The molecule has 104 valence electrons. The predicted molar refractivity (Wildman–Crippen MR) is 73.2 cm³/mol. The molecule has 0 aromatic carbocycles. The molecule has 1 aromatic heterocycles. The molecule has 1 aliphatic carbocycles. The Bertz CT molecular complexity index is 447. The Hall–Kier alpha value is -1.56. The van der Waals surface area contributed by atoms with Crippen molar-refractivity contribution < 1.29 is 14.7 Å². The lowest BCUT2D eigenvalue weighted by Gasteiger charge is -2.17. The molecule has 0 spiro atoms. The Morgan fingerprint density at radius 2 is 2.26 bits per heavy atom. The average molecular weight is 282 g/mol. The van der Waals surface area contributed by atoms with E-state index >= 15 is 0 Å². The van der Waals surface area contributed by atoms with Crippen molar-refractivity contribution in [3.8, 4) is 0 Å². The van der Waals surface area contributed by atoms with Crippen LogP contribution in [0, 0.1) is 5.92 Å². The first kappa shape index (κ1) is 13.9. The van der Waals surface area contributed by atoms with Crippen LogP contribution in [0.15, 0.2) is 16.8 Å². The molecule has 1 unspecified atom stereocenters. The summed E-state index contributed by atoms with van der Waals surface area (Å²) in [5.41, 5.74) is 1.08. The SMILES string of the molecule is CC(NC(=O)N[C@H]1CC[C@@H](C(=O)O)C1)c1ccsc1. The minimum Gasteiger partial charge on any atom is -0.481 e. The number of carbonyl (C=O) groups is 2. The van der Waals surface area contributed by atoms with Gasteiger partial charge < -0.3 is 15.7 Å². The number of hydrogen-bond acceptors (Lipinski definition) is 3. The summed E-state index contributed by atoms with van der Waals surface area (Å²) in [6.45, 7) is 1.93. The third-order valence-corrected chi connectivity index (χ3v) is 4.21. The number of carbonyl (C=O) groups excluding carboxylic acids is 1. The first-order chi connectivity index (χ1) is 9.06. The molecule has 0 saturated heterocycles. The molecule has 0 radical (unpaired) electrons. The number of carboxylic acid groups (broad SMARTS) is 1. The van der Waals surface area contributed by atoms with Crippen LogP contribution < -0.4 is 10.6 Å². The Balaban J connectivity index is 1.78. The second-order valence-electron chi connectivity index (χ2n) is 4.94. The van der Waals surface area contributed by atoms with E-state index in [4.69, 9.17) is 5.11 Å². The number of rotatable bonds is 4. The molecule has 3 atom stereocenters. The van der Waals surface area contributed by atoms with Crippen LogP contribution in [-0.2, 0) is 4.79 Å². The number of amides is 2. The summed E-state index contributed by atoms with van der Waals surface area (Å²) in [5, 5.41) is 18.6. The fraction of sp³-hybridized carbons (Fsp3) is 0.538. The van der Waals surface area contributed by atoms with Crippen molar-refractivity contribution in [2.75, 3.05) is 0 Å². The molecule has 2 rings (SSSR count). The molecule has 1 aliphatic rings. The maximum atomic E-state index is 11.8. The molecule has 1 heterocycles. The molecule has 0 aliphatic heterocycles. The van der Waals surface area contributed by atoms with Gasteiger partial charge in [0.1, 0.15) is 0 Å². The number of nitrogens with one attached hydrogen (secondary N) is 2. The number of thiophene rings is 1. The smallest absolute Gasteiger partial charge is 0.315 e. The lowest BCUT2D eigenvalue weighted by atomic mass is 10.1. The molecule has 1 fully saturated rings. The minimum absolute atomic E-state index is 0.0317. The quantitative estimate of drug-likeness (QED) is 0.793. The van der Waals surface area contributed by atoms with E-state index in [0.29, 0.717) is 12.8 Å². The van der Waals surface area contributed by atoms with Crippen molar-refractivity contribution >= 4 is 23.3 Å². The number of hydrogen-bond donors (Lipinski definition) is 3. The lowest BCUT2D eigenvalue weighted by molar-refractivity contribution is -0.141. The summed E-state index contributed by atoms with van der Waals surface area (Å²) in [6.07, 6.45) is 1.90. The van der Waals surface area contributed by atoms with Gasteiger partial charge in [0, 0.05) is 6.04 Å². The van der Waals surface area contributed by atoms with Crippen molar-refractivity contribution in [2.24, 2.45) is 5.92 Å². The molecular weight excluding hydrogens is 264 g/mol. The van der Waals surface area contributed by atoms with Crippen LogP contribution in [0.4, 0.5) is 4.79 Å². The summed E-state index contributed by atoms with van der Waals surface area (Å²) in [6, 6.07) is 1.68. The van der Waals surface area contributed by atoms with Crippen LogP contribution in [0.2, 0.25) is 0 Å². The Labute approximate surface area is 116 Å². The molecule has 6 heteroatoms. The van der Waals surface area contributed by atoms with Gasteiger partial charge >= 0.3 is 12.0 Å². The molecule has 5 nitrogen and oxygen atoms in total. The molecule has 19 heavy (non-hydrogen) atoms. The van der Waals surface area contributed by atoms with Gasteiger partial charge in [-0.2, -0.15) is 11.3 Å². The average Bonchev–Trinajstić information content (AvgIpc) is 2.98. The van der Waals surface area contributed by atoms with E-state index in [1.54, 1.807) is 11.3 Å². The molecule has 0 bridgehead atoms. The van der Waals surface area contributed by atoms with E-state index < -0.39 is 5.97 Å². The van der Waals surface area contributed by atoms with Gasteiger partial charge in [-0.1, -0.05) is 0 Å². The zero-order valence-corrected chi connectivity index (χ0v) is 11.6. The highest BCUT2D eigenvalue weighted by atomic mass is 32.1. The second kappa shape index (κ2) is 6.06. The first-order valence-electron chi connectivity index (χ1n) is 6.38. The summed E-state index contributed by atoms with van der Waals surface area (Å²) in [4.78, 5) is 22.7. The van der Waals surface area contributed by atoms with Gasteiger partial charge in [-0.15, -0.1) is 0 Å². The van der Waals surface area contributed by atoms with Crippen molar-refractivity contribution in [1.82, 2.24) is 10.6 Å². The Morgan fingerprint density at radius 3 is 2.84 bits per heavy atom. The van der Waals surface area contributed by atoms with Gasteiger partial charge in [-0.25, -0.2) is 4.79 Å². The third-order valence-electron chi connectivity index (χ3n) is 3.51. The van der Waals surface area contributed by atoms with Gasteiger partial charge in [0.2, 0.25) is 0 Å². The van der Waals surface area contributed by atoms with Gasteiger partial charge in [-0.05, 0) is 48.6 Å². The topological polar surface area (TPSA) is 78.4 Å². The molecule has 2 amide bonds. The standard InChI is InChI=1S/C13H18N2O3S/c1-8(10-4-5-19-7-10)14-13(18)15-11-3-2-9(6-11)12(16)17/h4-5,7-9,11H,2-3,6H2,1H3,(H,16,17)(H2,14,15,18)/t8?,9-,11+/m1/s1. The number of aliphatic carboxylic acids is 1. The molecule has 3 N–H and O–H groups in total. The predicted octanol–water partition coefficient (Wildman–Crippen LogP) is 2.36. The van der Waals surface area contributed by atoms with Gasteiger partial charge in [0.05, 0.1) is 12.0 Å². The van der Waals surface area contributed by atoms with Gasteiger partial charge in [0.25, 0.3) is 0 Å². The fourth-order valence-corrected chi connectivity index (χ4v) is 3.12. The summed E-state index contributed by atoms with van der Waals surface area (Å²) < 4.78 is 0. The van der Waals surface area contributed by atoms with Crippen LogP contribution in [-0.4, -0.2) is 23.1 Å². The number of urea groups is 1. The Kier molecular flexibility index (Phi) is 4.42. The summed E-state index contributed by atoms with van der Waals surface area (Å²) in [5.74, 6) is -1.09. The monoisotopic (exact) mass is 282 g/mol. The zero-order chi connectivity index (χ0) is 13.8. The first-order valence-corrected chi connectivity index (χ1v) is 7.32. The molecular formula is C13H18N2O3S. The second-order valence-corrected chi connectivity index (χ2v) is 5.72. The number of carboxylic acids is 1. The summed E-state index contributed by atoms with van der Waals surface area (Å²) in [7, 11) is 0. The highest BCUT2D eigenvalue weighted by Crippen LogP contribution is 2.25. The Morgan fingerprint density at radius 1 is 1.47 bits per heavy atom. The van der Waals surface area contributed by atoms with Crippen LogP contribution in [0.5, 0.6) is 0 Å². The van der Waals surface area contributed by atoms with E-state index in [-0.39, 0.29) is 24.0 Å². The highest BCUT2D eigenvalue weighted by Gasteiger charge is 2.30. The maximum absolute atomic E-state index is 11.8. The van der Waals surface area contributed by atoms with Crippen LogP contribution in [0.1, 0.15) is 37.8 Å². The summed E-state index contributed by atoms with van der Waals surface area (Å²) >= 11 is 1.59. The third kappa shape index (κ3) is 3.70. The fourth-order valence-electron chi connectivity index (χ4n) is 2.37. The van der Waals surface area contributed by atoms with Gasteiger partial charge in [-0.3, -0.25) is 4.79 Å². The normalized spacial score (nSPS) is 23.8.